The van der Waals surface area contributed by atoms with Crippen LogP contribution in [0.1, 0.15) is 0 Å². The van der Waals surface area contributed by atoms with Crippen LogP contribution < -0.4 is 10.1 Å². The van der Waals surface area contributed by atoms with E-state index in [1.165, 1.54) is 25.3 Å². The maximum Gasteiger partial charge on any atom is 0.316 e. The van der Waals surface area contributed by atoms with Gasteiger partial charge in [-0.15, -0.1) is 10.2 Å². The summed E-state index contributed by atoms with van der Waals surface area (Å²) in [5, 5.41) is 21.7. The van der Waals surface area contributed by atoms with E-state index in [0.29, 0.717) is 10.6 Å². The highest BCUT2D eigenvalue weighted by atomic mass is 35.5. The van der Waals surface area contributed by atoms with Crippen LogP contribution in [0.5, 0.6) is 5.75 Å². The zero-order chi connectivity index (χ0) is 23.1. The maximum atomic E-state index is 12.0. The lowest BCUT2D eigenvalue weighted by Crippen LogP contribution is -2.22. The number of nitro benzene ring substituents is 1. The van der Waals surface area contributed by atoms with Gasteiger partial charge in [-0.05, 0) is 30.3 Å². The molecular weight excluding hydrogens is 464 g/mol. The van der Waals surface area contributed by atoms with Crippen molar-refractivity contribution in [3.8, 4) is 17.2 Å². The molecule has 0 aliphatic carbocycles. The molecule has 11 nitrogen and oxygen atoms in total. The summed E-state index contributed by atoms with van der Waals surface area (Å²) < 4.78 is 15.4. The number of nitrogens with one attached hydrogen (secondary N) is 1. The van der Waals surface area contributed by atoms with Gasteiger partial charge in [-0.1, -0.05) is 23.4 Å². The minimum atomic E-state index is -0.674. The Morgan fingerprint density at radius 2 is 1.97 bits per heavy atom. The molecule has 0 saturated heterocycles. The maximum absolute atomic E-state index is 12.0. The van der Waals surface area contributed by atoms with E-state index < -0.39 is 23.4 Å². The Kier molecular flexibility index (Phi) is 7.63. The lowest BCUT2D eigenvalue weighted by molar-refractivity contribution is -0.384. The third-order valence-corrected chi connectivity index (χ3v) is 4.89. The van der Waals surface area contributed by atoms with E-state index in [1.807, 2.05) is 0 Å². The van der Waals surface area contributed by atoms with Crippen molar-refractivity contribution in [1.29, 1.82) is 0 Å². The Labute approximate surface area is 190 Å². The molecule has 0 radical (unpaired) electrons. The first-order chi connectivity index (χ1) is 15.4. The number of methoxy groups -OCH3 is 1. The number of amides is 1. The van der Waals surface area contributed by atoms with Gasteiger partial charge in [-0.25, -0.2) is 0 Å². The standard InChI is InChI=1S/C19H15ClN4O7S/c1-29-15-8-13(24(27)28)6-7-14(15)21-16(25)9-30-17(26)10-32-19-23-22-18(31-19)11-2-4-12(20)5-3-11/h2-8H,9-10H2,1H3,(H,21,25). The highest BCUT2D eigenvalue weighted by Crippen LogP contribution is 2.29. The predicted octanol–water partition coefficient (Wildman–Crippen LogP) is 3.58. The van der Waals surface area contributed by atoms with E-state index >= 15 is 0 Å². The molecule has 0 bridgehead atoms. The van der Waals surface area contributed by atoms with Crippen LogP contribution in [0.15, 0.2) is 52.1 Å². The van der Waals surface area contributed by atoms with Crippen LogP contribution in [0.3, 0.4) is 0 Å². The van der Waals surface area contributed by atoms with Gasteiger partial charge in [-0.2, -0.15) is 0 Å². The van der Waals surface area contributed by atoms with Crippen LogP contribution in [-0.4, -0.2) is 46.5 Å². The van der Waals surface area contributed by atoms with Gasteiger partial charge in [0.25, 0.3) is 16.8 Å². The highest BCUT2D eigenvalue weighted by Gasteiger charge is 2.16. The van der Waals surface area contributed by atoms with Gasteiger partial charge in [0.05, 0.1) is 23.8 Å². The number of nitrogens with zero attached hydrogens (tertiary/aromatic N) is 3. The summed E-state index contributed by atoms with van der Waals surface area (Å²) in [5.74, 6) is -1.10. The average molecular weight is 479 g/mol. The lowest BCUT2D eigenvalue weighted by atomic mass is 10.2. The van der Waals surface area contributed by atoms with Crippen LogP contribution >= 0.6 is 23.4 Å². The second kappa shape index (κ2) is 10.6. The van der Waals surface area contributed by atoms with Gasteiger partial charge in [0.2, 0.25) is 5.89 Å². The Bertz CT molecular complexity index is 1140. The quantitative estimate of drug-likeness (QED) is 0.209. The first-order valence-electron chi connectivity index (χ1n) is 8.86. The number of benzene rings is 2. The van der Waals surface area contributed by atoms with Crippen molar-refractivity contribution < 1.29 is 28.4 Å². The number of carbonyl (C=O) groups excluding carboxylic acids is 2. The molecule has 0 aliphatic rings. The number of esters is 1. The molecule has 0 unspecified atom stereocenters. The van der Waals surface area contributed by atoms with Crippen LogP contribution in [0.25, 0.3) is 11.5 Å². The number of anilines is 1. The largest absolute Gasteiger partial charge is 0.494 e. The monoisotopic (exact) mass is 478 g/mol. The van der Waals surface area contributed by atoms with Crippen molar-refractivity contribution in [1.82, 2.24) is 10.2 Å². The van der Waals surface area contributed by atoms with Crippen LogP contribution in [0.4, 0.5) is 11.4 Å². The Balaban J connectivity index is 1.46. The fourth-order valence-electron chi connectivity index (χ4n) is 2.37. The van der Waals surface area contributed by atoms with Crippen molar-refractivity contribution >= 4 is 46.6 Å². The molecule has 3 rings (SSSR count). The average Bonchev–Trinajstić information content (AvgIpc) is 3.26. The fourth-order valence-corrected chi connectivity index (χ4v) is 3.06. The van der Waals surface area contributed by atoms with Crippen molar-refractivity contribution in [2.75, 3.05) is 24.8 Å². The number of nitro groups is 1. The minimum absolute atomic E-state index is 0.0994. The molecular formula is C19H15ClN4O7S. The van der Waals surface area contributed by atoms with Gasteiger partial charge in [0.15, 0.2) is 6.61 Å². The molecule has 32 heavy (non-hydrogen) atoms. The molecule has 0 atom stereocenters. The molecule has 0 fully saturated rings. The summed E-state index contributed by atoms with van der Waals surface area (Å²) >= 11 is 6.79. The molecule has 3 aromatic rings. The molecule has 1 N–H and O–H groups in total. The molecule has 0 saturated carbocycles. The Hall–Kier alpha value is -3.64. The van der Waals surface area contributed by atoms with E-state index in [2.05, 4.69) is 15.5 Å². The number of halogens is 1. The number of non-ortho nitro benzene ring substituents is 1. The second-order valence-electron chi connectivity index (χ2n) is 6.02. The summed E-state index contributed by atoms with van der Waals surface area (Å²) in [6, 6.07) is 10.5. The van der Waals surface area contributed by atoms with Crippen LogP contribution in [0, 0.1) is 10.1 Å². The predicted molar refractivity (Wildman–Crippen MR) is 115 cm³/mol. The van der Waals surface area contributed by atoms with E-state index in [-0.39, 0.29) is 34.0 Å². The smallest absolute Gasteiger partial charge is 0.316 e. The molecule has 13 heteroatoms. The topological polar surface area (TPSA) is 147 Å². The molecule has 1 heterocycles. The number of ether oxygens (including phenoxy) is 2. The van der Waals surface area contributed by atoms with Crippen LogP contribution in [0.2, 0.25) is 5.02 Å². The SMILES string of the molecule is COc1cc([N+](=O)[O-])ccc1NC(=O)COC(=O)CSc1nnc(-c2ccc(Cl)cc2)o1. The number of hydrogen-bond donors (Lipinski definition) is 1. The van der Waals surface area contributed by atoms with Crippen molar-refractivity contribution in [3.63, 3.8) is 0 Å². The summed E-state index contributed by atoms with van der Waals surface area (Å²) in [7, 11) is 1.31. The number of thioether (sulfide) groups is 1. The fraction of sp³-hybridized carbons (Fsp3) is 0.158. The summed E-state index contributed by atoms with van der Waals surface area (Å²) in [4.78, 5) is 34.2. The van der Waals surface area contributed by atoms with Gasteiger partial charge < -0.3 is 19.2 Å². The highest BCUT2D eigenvalue weighted by molar-refractivity contribution is 7.99. The third-order valence-electron chi connectivity index (χ3n) is 3.85. The Morgan fingerprint density at radius 3 is 2.66 bits per heavy atom. The van der Waals surface area contributed by atoms with Crippen molar-refractivity contribution in [3.05, 3.63) is 57.6 Å². The molecule has 0 aliphatic heterocycles. The van der Waals surface area contributed by atoms with E-state index in [0.717, 1.165) is 11.8 Å². The van der Waals surface area contributed by atoms with Crippen molar-refractivity contribution in [2.24, 2.45) is 0 Å². The normalized spacial score (nSPS) is 10.4. The summed E-state index contributed by atoms with van der Waals surface area (Å²) in [5.41, 5.74) is 0.687. The van der Waals surface area contributed by atoms with E-state index in [9.17, 15) is 19.7 Å². The van der Waals surface area contributed by atoms with E-state index in [1.54, 1.807) is 24.3 Å². The molecule has 2 aromatic carbocycles. The zero-order valence-electron chi connectivity index (χ0n) is 16.4. The molecule has 0 spiro atoms. The molecule has 1 aromatic heterocycles. The number of rotatable bonds is 9. The van der Waals surface area contributed by atoms with Gasteiger partial charge in [0, 0.05) is 16.7 Å². The zero-order valence-corrected chi connectivity index (χ0v) is 18.0. The second-order valence-corrected chi connectivity index (χ2v) is 7.38. The molecule has 1 amide bonds. The van der Waals surface area contributed by atoms with Gasteiger partial charge in [-0.3, -0.25) is 19.7 Å². The Morgan fingerprint density at radius 1 is 1.22 bits per heavy atom. The minimum Gasteiger partial charge on any atom is -0.494 e. The summed E-state index contributed by atoms with van der Waals surface area (Å²) in [6.45, 7) is -0.556. The number of aromatic nitrogens is 2. The third kappa shape index (κ3) is 6.18. The first-order valence-corrected chi connectivity index (χ1v) is 10.2. The van der Waals surface area contributed by atoms with Crippen molar-refractivity contribution in [2.45, 2.75) is 5.22 Å². The van der Waals surface area contributed by atoms with Crippen LogP contribution in [-0.2, 0) is 14.3 Å². The van der Waals surface area contributed by atoms with Gasteiger partial charge >= 0.3 is 5.97 Å². The van der Waals surface area contributed by atoms with E-state index in [4.69, 9.17) is 25.5 Å². The number of carbonyl (C=O) groups is 2. The lowest BCUT2D eigenvalue weighted by Gasteiger charge is -2.10. The summed E-state index contributed by atoms with van der Waals surface area (Å²) in [6.07, 6.45) is 0. The van der Waals surface area contributed by atoms with Gasteiger partial charge in [0.1, 0.15) is 11.5 Å². The molecule has 166 valence electrons. The first kappa shape index (κ1) is 23.0. The number of hydrogen-bond acceptors (Lipinski definition) is 10.